The molecule has 0 spiro atoms. The van der Waals surface area contributed by atoms with E-state index in [-0.39, 0.29) is 18.5 Å². The van der Waals surface area contributed by atoms with Gasteiger partial charge in [-0.2, -0.15) is 8.78 Å². The van der Waals surface area contributed by atoms with E-state index in [1.54, 1.807) is 24.3 Å². The van der Waals surface area contributed by atoms with Gasteiger partial charge >= 0.3 is 0 Å². The number of amides is 1. The lowest BCUT2D eigenvalue weighted by Gasteiger charge is -2.18. The van der Waals surface area contributed by atoms with Gasteiger partial charge in [-0.1, -0.05) is 37.7 Å². The zero-order valence-corrected chi connectivity index (χ0v) is 12.6. The highest BCUT2D eigenvalue weighted by Gasteiger charge is 2.12. The predicted octanol–water partition coefficient (Wildman–Crippen LogP) is 3.57. The number of anilines is 1. The number of rotatable bonds is 7. The third kappa shape index (κ3) is 5.77. The van der Waals surface area contributed by atoms with Crippen molar-refractivity contribution in [2.45, 2.75) is 37.5 Å². The molecule has 0 aliphatic carbocycles. The minimum atomic E-state index is -2.48. The summed E-state index contributed by atoms with van der Waals surface area (Å²) in [6, 6.07) is 6.80. The fraction of sp³-hybridized carbons (Fsp3) is 0.500. The van der Waals surface area contributed by atoms with Gasteiger partial charge in [0.2, 0.25) is 5.91 Å². The fourth-order valence-corrected chi connectivity index (χ4v) is 2.07. The third-order valence-electron chi connectivity index (χ3n) is 2.93. The second-order valence-corrected chi connectivity index (χ2v) is 5.86. The lowest BCUT2D eigenvalue weighted by Crippen LogP contribution is -2.39. The Kier molecular flexibility index (Phi) is 6.78. The number of para-hydroxylation sites is 1. The van der Waals surface area contributed by atoms with E-state index >= 15 is 0 Å². The first kappa shape index (κ1) is 16.8. The number of hydrogen-bond acceptors (Lipinski definition) is 3. The van der Waals surface area contributed by atoms with Gasteiger partial charge in [0, 0.05) is 16.6 Å². The molecule has 1 rings (SSSR count). The van der Waals surface area contributed by atoms with Crippen molar-refractivity contribution in [3.05, 3.63) is 24.3 Å². The average Bonchev–Trinajstić information content (AvgIpc) is 2.36. The maximum absolute atomic E-state index is 12.4. The lowest BCUT2D eigenvalue weighted by atomic mass is 10.1. The van der Waals surface area contributed by atoms with E-state index in [1.165, 1.54) is 0 Å². The first-order valence-electron chi connectivity index (χ1n) is 6.47. The first-order valence-corrected chi connectivity index (χ1v) is 7.35. The summed E-state index contributed by atoms with van der Waals surface area (Å²) in [5.74, 6) is -2.28. The molecule has 1 aromatic rings. The van der Waals surface area contributed by atoms with Gasteiger partial charge in [0.25, 0.3) is 5.76 Å². The highest BCUT2D eigenvalue weighted by Crippen LogP contribution is 2.31. The number of thioether (sulfide) groups is 1. The molecule has 0 aliphatic heterocycles. The summed E-state index contributed by atoms with van der Waals surface area (Å²) in [6.07, 6.45) is 0. The third-order valence-corrected chi connectivity index (χ3v) is 3.72. The standard InChI is InChI=1S/C14H20F2N2OS/c1-9(2)10(3)18-13(19)8-17-11-6-4-5-7-12(11)20-14(15)16/h4-7,9-10,14,17H,8H2,1-3H3,(H,18,19). The van der Waals surface area contributed by atoms with Crippen LogP contribution in [0.15, 0.2) is 29.2 Å². The molecule has 0 bridgehead atoms. The Balaban J connectivity index is 2.55. The Morgan fingerprint density at radius 3 is 2.50 bits per heavy atom. The molecule has 0 aliphatic rings. The maximum Gasteiger partial charge on any atom is 0.288 e. The average molecular weight is 302 g/mol. The van der Waals surface area contributed by atoms with E-state index in [0.717, 1.165) is 0 Å². The summed E-state index contributed by atoms with van der Waals surface area (Å²) in [7, 11) is 0. The van der Waals surface area contributed by atoms with Crippen LogP contribution in [0.2, 0.25) is 0 Å². The van der Waals surface area contributed by atoms with E-state index in [0.29, 0.717) is 28.3 Å². The molecule has 0 aromatic heterocycles. The number of halogens is 2. The molecule has 0 heterocycles. The molecule has 20 heavy (non-hydrogen) atoms. The van der Waals surface area contributed by atoms with Crippen LogP contribution in [0.3, 0.4) is 0 Å². The van der Waals surface area contributed by atoms with Crippen LogP contribution in [-0.2, 0) is 4.79 Å². The summed E-state index contributed by atoms with van der Waals surface area (Å²) in [4.78, 5) is 12.2. The number of nitrogens with one attached hydrogen (secondary N) is 2. The Labute approximate surface area is 122 Å². The van der Waals surface area contributed by atoms with Crippen LogP contribution in [0, 0.1) is 5.92 Å². The van der Waals surface area contributed by atoms with E-state index in [9.17, 15) is 13.6 Å². The molecule has 0 fully saturated rings. The summed E-state index contributed by atoms with van der Waals surface area (Å²) >= 11 is 0.468. The van der Waals surface area contributed by atoms with Crippen molar-refractivity contribution in [2.75, 3.05) is 11.9 Å². The molecule has 2 N–H and O–H groups in total. The molecule has 1 amide bonds. The van der Waals surface area contributed by atoms with Gasteiger partial charge in [-0.05, 0) is 25.0 Å². The molecule has 0 saturated carbocycles. The Bertz CT molecular complexity index is 441. The van der Waals surface area contributed by atoms with Gasteiger partial charge < -0.3 is 10.6 Å². The van der Waals surface area contributed by atoms with Crippen LogP contribution >= 0.6 is 11.8 Å². The van der Waals surface area contributed by atoms with E-state index in [4.69, 9.17) is 0 Å². The second kappa shape index (κ2) is 8.09. The molecule has 112 valence electrons. The van der Waals surface area contributed by atoms with Crippen molar-refractivity contribution in [2.24, 2.45) is 5.92 Å². The highest BCUT2D eigenvalue weighted by molar-refractivity contribution is 7.99. The number of benzene rings is 1. The van der Waals surface area contributed by atoms with Crippen LogP contribution < -0.4 is 10.6 Å². The van der Waals surface area contributed by atoms with Gasteiger partial charge in [-0.25, -0.2) is 0 Å². The Morgan fingerprint density at radius 2 is 1.90 bits per heavy atom. The largest absolute Gasteiger partial charge is 0.375 e. The van der Waals surface area contributed by atoms with Crippen LogP contribution in [0.4, 0.5) is 14.5 Å². The minimum Gasteiger partial charge on any atom is -0.375 e. The van der Waals surface area contributed by atoms with Crippen molar-refractivity contribution >= 4 is 23.4 Å². The lowest BCUT2D eigenvalue weighted by molar-refractivity contribution is -0.120. The molecular weight excluding hydrogens is 282 g/mol. The molecule has 1 unspecified atom stereocenters. The van der Waals surface area contributed by atoms with Crippen molar-refractivity contribution in [1.82, 2.24) is 5.32 Å². The van der Waals surface area contributed by atoms with Gasteiger partial charge in [0.1, 0.15) is 0 Å². The predicted molar refractivity (Wildman–Crippen MR) is 79.2 cm³/mol. The molecule has 3 nitrogen and oxygen atoms in total. The van der Waals surface area contributed by atoms with Crippen molar-refractivity contribution < 1.29 is 13.6 Å². The molecular formula is C14H20F2N2OS. The smallest absolute Gasteiger partial charge is 0.288 e. The van der Waals surface area contributed by atoms with Gasteiger partial charge in [0.05, 0.1) is 6.54 Å². The van der Waals surface area contributed by atoms with Gasteiger partial charge in [0.15, 0.2) is 0 Å². The van der Waals surface area contributed by atoms with Crippen LogP contribution in [0.25, 0.3) is 0 Å². The number of alkyl halides is 2. The number of carbonyl (C=O) groups excluding carboxylic acids is 1. The van der Waals surface area contributed by atoms with Gasteiger partial charge in [-0.15, -0.1) is 0 Å². The SMILES string of the molecule is CC(C)C(C)NC(=O)CNc1ccccc1SC(F)F. The molecule has 1 aromatic carbocycles. The normalized spacial score (nSPS) is 12.6. The van der Waals surface area contributed by atoms with E-state index in [1.807, 2.05) is 20.8 Å². The number of carbonyl (C=O) groups is 1. The molecule has 0 radical (unpaired) electrons. The van der Waals surface area contributed by atoms with Crippen LogP contribution in [-0.4, -0.2) is 24.3 Å². The van der Waals surface area contributed by atoms with Crippen molar-refractivity contribution in [3.8, 4) is 0 Å². The zero-order valence-electron chi connectivity index (χ0n) is 11.8. The molecule has 1 atom stereocenters. The summed E-state index contributed by atoms with van der Waals surface area (Å²) in [5, 5.41) is 5.75. The van der Waals surface area contributed by atoms with Crippen LogP contribution in [0.1, 0.15) is 20.8 Å². The summed E-state index contributed by atoms with van der Waals surface area (Å²) < 4.78 is 24.8. The quantitative estimate of drug-likeness (QED) is 0.757. The first-order chi connectivity index (χ1) is 9.40. The summed E-state index contributed by atoms with van der Waals surface area (Å²) in [5.41, 5.74) is 0.546. The Morgan fingerprint density at radius 1 is 1.25 bits per heavy atom. The second-order valence-electron chi connectivity index (χ2n) is 4.83. The monoisotopic (exact) mass is 302 g/mol. The van der Waals surface area contributed by atoms with Crippen LogP contribution in [0.5, 0.6) is 0 Å². The van der Waals surface area contributed by atoms with E-state index < -0.39 is 5.76 Å². The van der Waals surface area contributed by atoms with Gasteiger partial charge in [-0.3, -0.25) is 4.79 Å². The zero-order chi connectivity index (χ0) is 15.1. The molecule has 6 heteroatoms. The highest BCUT2D eigenvalue weighted by atomic mass is 32.2. The fourth-order valence-electron chi connectivity index (χ4n) is 1.46. The topological polar surface area (TPSA) is 41.1 Å². The maximum atomic E-state index is 12.4. The summed E-state index contributed by atoms with van der Waals surface area (Å²) in [6.45, 7) is 6.04. The number of hydrogen-bond donors (Lipinski definition) is 2. The van der Waals surface area contributed by atoms with E-state index in [2.05, 4.69) is 10.6 Å². The molecule has 0 saturated heterocycles. The van der Waals surface area contributed by atoms with Crippen molar-refractivity contribution in [1.29, 1.82) is 0 Å². The minimum absolute atomic E-state index is 0.0673. The Hall–Kier alpha value is -1.30. The van der Waals surface area contributed by atoms with Crippen molar-refractivity contribution in [3.63, 3.8) is 0 Å².